The number of nitrogens with one attached hydrogen (secondary N) is 1. The zero-order valence-corrected chi connectivity index (χ0v) is 12.3. The van der Waals surface area contributed by atoms with Gasteiger partial charge in [0, 0.05) is 25.3 Å². The third-order valence-electron chi connectivity index (χ3n) is 3.97. The van der Waals surface area contributed by atoms with Crippen LogP contribution in [0.25, 0.3) is 0 Å². The summed E-state index contributed by atoms with van der Waals surface area (Å²) >= 11 is 0. The monoisotopic (exact) mass is 260 g/mol. The van der Waals surface area contributed by atoms with Gasteiger partial charge in [-0.05, 0) is 37.4 Å². The summed E-state index contributed by atoms with van der Waals surface area (Å²) in [6, 6.07) is 8.87. The van der Waals surface area contributed by atoms with Crippen LogP contribution in [0.3, 0.4) is 0 Å². The van der Waals surface area contributed by atoms with Gasteiger partial charge in [0.25, 0.3) is 0 Å². The second-order valence-corrected chi connectivity index (χ2v) is 5.53. The third kappa shape index (κ3) is 4.54. The molecule has 1 aliphatic heterocycles. The predicted molar refractivity (Wildman–Crippen MR) is 84.0 cm³/mol. The van der Waals surface area contributed by atoms with Gasteiger partial charge in [0.05, 0.1) is 0 Å². The van der Waals surface area contributed by atoms with Crippen molar-refractivity contribution in [2.24, 2.45) is 0 Å². The Labute approximate surface area is 118 Å². The van der Waals surface area contributed by atoms with E-state index in [1.807, 2.05) is 0 Å². The van der Waals surface area contributed by atoms with E-state index in [-0.39, 0.29) is 0 Å². The van der Waals surface area contributed by atoms with Crippen molar-refractivity contribution in [1.29, 1.82) is 0 Å². The molecule has 2 nitrogen and oxygen atoms in total. The van der Waals surface area contributed by atoms with Gasteiger partial charge < -0.3 is 10.2 Å². The molecule has 19 heavy (non-hydrogen) atoms. The van der Waals surface area contributed by atoms with Crippen molar-refractivity contribution < 1.29 is 0 Å². The fourth-order valence-corrected chi connectivity index (χ4v) is 2.86. The van der Waals surface area contributed by atoms with Crippen LogP contribution in [0.1, 0.15) is 44.6 Å². The number of rotatable bonds is 8. The first-order chi connectivity index (χ1) is 9.42. The van der Waals surface area contributed by atoms with Crippen LogP contribution < -0.4 is 10.2 Å². The summed E-state index contributed by atoms with van der Waals surface area (Å²) in [4.78, 5) is 2.54. The molecule has 1 heterocycles. The van der Waals surface area contributed by atoms with Gasteiger partial charge >= 0.3 is 0 Å². The molecule has 1 aliphatic rings. The molecule has 0 amide bonds. The summed E-state index contributed by atoms with van der Waals surface area (Å²) in [5, 5.41) is 3.58. The molecule has 1 aromatic carbocycles. The van der Waals surface area contributed by atoms with E-state index in [2.05, 4.69) is 41.4 Å². The van der Waals surface area contributed by atoms with Crippen LogP contribution in [0.2, 0.25) is 0 Å². The van der Waals surface area contributed by atoms with E-state index in [9.17, 15) is 0 Å². The minimum absolute atomic E-state index is 1.11. The molecular formula is C17H28N2. The smallest absolute Gasteiger partial charge is 0.0399 e. The highest BCUT2D eigenvalue weighted by Crippen LogP contribution is 2.25. The zero-order valence-electron chi connectivity index (χ0n) is 12.3. The van der Waals surface area contributed by atoms with Crippen LogP contribution in [-0.4, -0.2) is 26.2 Å². The van der Waals surface area contributed by atoms with Crippen LogP contribution in [0.4, 0.5) is 5.69 Å². The van der Waals surface area contributed by atoms with Gasteiger partial charge in [-0.2, -0.15) is 0 Å². The molecule has 0 spiro atoms. The van der Waals surface area contributed by atoms with Crippen LogP contribution in [-0.2, 0) is 6.42 Å². The summed E-state index contributed by atoms with van der Waals surface area (Å²) in [5.74, 6) is 0. The average molecular weight is 260 g/mol. The van der Waals surface area contributed by atoms with Crippen molar-refractivity contribution in [1.82, 2.24) is 5.32 Å². The Bertz CT molecular complexity index is 362. The number of aryl methyl sites for hydroxylation is 1. The van der Waals surface area contributed by atoms with Gasteiger partial charge in [-0.1, -0.05) is 44.4 Å². The lowest BCUT2D eigenvalue weighted by molar-refractivity contribution is 0.585. The number of benzene rings is 1. The molecule has 0 bridgehead atoms. The van der Waals surface area contributed by atoms with Crippen LogP contribution >= 0.6 is 0 Å². The second-order valence-electron chi connectivity index (χ2n) is 5.53. The van der Waals surface area contributed by atoms with E-state index in [4.69, 9.17) is 0 Å². The minimum Gasteiger partial charge on any atom is -0.370 e. The van der Waals surface area contributed by atoms with Gasteiger partial charge in [-0.3, -0.25) is 0 Å². The Morgan fingerprint density at radius 2 is 2.00 bits per heavy atom. The summed E-state index contributed by atoms with van der Waals surface area (Å²) in [5.41, 5.74) is 2.98. The van der Waals surface area contributed by atoms with Crippen molar-refractivity contribution in [2.45, 2.75) is 45.4 Å². The second kappa shape index (κ2) is 8.21. The molecule has 0 fully saturated rings. The number of hydrogen-bond acceptors (Lipinski definition) is 2. The minimum atomic E-state index is 1.11. The van der Waals surface area contributed by atoms with Gasteiger partial charge in [0.15, 0.2) is 0 Å². The molecule has 0 atom stereocenters. The maximum Gasteiger partial charge on any atom is 0.0399 e. The van der Waals surface area contributed by atoms with E-state index < -0.39 is 0 Å². The maximum absolute atomic E-state index is 3.58. The highest BCUT2D eigenvalue weighted by atomic mass is 15.1. The highest BCUT2D eigenvalue weighted by molar-refractivity contribution is 5.55. The molecule has 0 aromatic heterocycles. The fraction of sp³-hybridized carbons (Fsp3) is 0.647. The molecule has 106 valence electrons. The first-order valence-corrected chi connectivity index (χ1v) is 7.95. The van der Waals surface area contributed by atoms with Gasteiger partial charge in [-0.25, -0.2) is 0 Å². The van der Waals surface area contributed by atoms with E-state index in [0.717, 1.165) is 13.1 Å². The molecular weight excluding hydrogens is 232 g/mol. The molecule has 0 aliphatic carbocycles. The number of nitrogens with zero attached hydrogens (tertiary/aromatic N) is 1. The van der Waals surface area contributed by atoms with Crippen molar-refractivity contribution in [3.8, 4) is 0 Å². The lowest BCUT2D eigenvalue weighted by atomic mass is 10.0. The normalized spacial score (nSPS) is 14.5. The van der Waals surface area contributed by atoms with Crippen molar-refractivity contribution in [3.63, 3.8) is 0 Å². The Morgan fingerprint density at radius 1 is 1.11 bits per heavy atom. The van der Waals surface area contributed by atoms with E-state index in [1.165, 1.54) is 62.9 Å². The molecule has 0 radical (unpaired) electrons. The number of para-hydroxylation sites is 1. The SMILES string of the molecule is CCCCCCNCCN1CCCc2ccccc21. The maximum atomic E-state index is 3.58. The Balaban J connectivity index is 1.67. The number of hydrogen-bond donors (Lipinski definition) is 1. The van der Waals surface area contributed by atoms with Gasteiger partial charge in [-0.15, -0.1) is 0 Å². The molecule has 2 heteroatoms. The molecule has 0 saturated carbocycles. The summed E-state index contributed by atoms with van der Waals surface area (Å²) in [7, 11) is 0. The summed E-state index contributed by atoms with van der Waals surface area (Å²) in [6.07, 6.45) is 7.94. The largest absolute Gasteiger partial charge is 0.370 e. The molecule has 0 unspecified atom stereocenters. The van der Waals surface area contributed by atoms with Crippen LogP contribution in [0.15, 0.2) is 24.3 Å². The number of anilines is 1. The van der Waals surface area contributed by atoms with Crippen LogP contribution in [0, 0.1) is 0 Å². The number of fused-ring (bicyclic) bond motifs is 1. The third-order valence-corrected chi connectivity index (χ3v) is 3.97. The summed E-state index contributed by atoms with van der Waals surface area (Å²) in [6.45, 7) is 6.91. The van der Waals surface area contributed by atoms with E-state index in [0.29, 0.717) is 0 Å². The van der Waals surface area contributed by atoms with Gasteiger partial charge in [0.1, 0.15) is 0 Å². The topological polar surface area (TPSA) is 15.3 Å². The highest BCUT2D eigenvalue weighted by Gasteiger charge is 2.14. The fourth-order valence-electron chi connectivity index (χ4n) is 2.86. The lowest BCUT2D eigenvalue weighted by Gasteiger charge is -2.31. The molecule has 1 aromatic rings. The number of unbranched alkanes of at least 4 members (excludes halogenated alkanes) is 3. The van der Waals surface area contributed by atoms with E-state index >= 15 is 0 Å². The predicted octanol–water partition coefficient (Wildman–Crippen LogP) is 3.61. The van der Waals surface area contributed by atoms with E-state index in [1.54, 1.807) is 0 Å². The van der Waals surface area contributed by atoms with Crippen molar-refractivity contribution >= 4 is 5.69 Å². The first-order valence-electron chi connectivity index (χ1n) is 7.95. The standard InChI is InChI=1S/C17H28N2/c1-2-3-4-7-12-18-13-15-19-14-8-10-16-9-5-6-11-17(16)19/h5-6,9,11,18H,2-4,7-8,10,12-15H2,1H3. The first kappa shape index (κ1) is 14.4. The Kier molecular flexibility index (Phi) is 6.22. The van der Waals surface area contributed by atoms with Crippen molar-refractivity contribution in [2.75, 3.05) is 31.1 Å². The average Bonchev–Trinajstić information content (AvgIpc) is 2.46. The van der Waals surface area contributed by atoms with Crippen LogP contribution in [0.5, 0.6) is 0 Å². The quantitative estimate of drug-likeness (QED) is 0.718. The summed E-state index contributed by atoms with van der Waals surface area (Å²) < 4.78 is 0. The Hall–Kier alpha value is -1.02. The lowest BCUT2D eigenvalue weighted by Crippen LogP contribution is -2.35. The molecule has 0 saturated heterocycles. The zero-order chi connectivity index (χ0) is 13.3. The Morgan fingerprint density at radius 3 is 2.89 bits per heavy atom. The molecule has 2 rings (SSSR count). The molecule has 1 N–H and O–H groups in total. The van der Waals surface area contributed by atoms with Crippen molar-refractivity contribution in [3.05, 3.63) is 29.8 Å². The van der Waals surface area contributed by atoms with Gasteiger partial charge in [0.2, 0.25) is 0 Å².